The molecule has 0 radical (unpaired) electrons. The molecule has 0 saturated carbocycles. The number of hydrogen-bond donors (Lipinski definition) is 0. The van der Waals surface area contributed by atoms with Gasteiger partial charge in [-0.3, -0.25) is 4.90 Å². The van der Waals surface area contributed by atoms with Crippen LogP contribution in [-0.4, -0.2) is 43.4 Å². The maximum absolute atomic E-state index is 11.9. The molecule has 0 aromatic carbocycles. The van der Waals surface area contributed by atoms with Gasteiger partial charge in [-0.2, -0.15) is 18.4 Å². The van der Waals surface area contributed by atoms with Crippen molar-refractivity contribution in [3.8, 4) is 6.07 Å². The van der Waals surface area contributed by atoms with Crippen LogP contribution >= 0.6 is 0 Å². The van der Waals surface area contributed by atoms with Crippen LogP contribution < -0.4 is 0 Å². The summed E-state index contributed by atoms with van der Waals surface area (Å²) in [6.45, 7) is 1.82. The molecule has 1 fully saturated rings. The van der Waals surface area contributed by atoms with Crippen molar-refractivity contribution >= 4 is 0 Å². The van der Waals surface area contributed by atoms with Crippen molar-refractivity contribution in [3.63, 3.8) is 0 Å². The Balaban J connectivity index is 2.19. The molecule has 3 nitrogen and oxygen atoms in total. The molecule has 0 aromatic heterocycles. The third-order valence-electron chi connectivity index (χ3n) is 2.23. The Hall–Kier alpha value is -0.800. The zero-order chi connectivity index (χ0) is 11.3. The Kier molecular flexibility index (Phi) is 4.36. The predicted octanol–water partition coefficient (Wildman–Crippen LogP) is 1.55. The van der Waals surface area contributed by atoms with E-state index in [9.17, 15) is 13.2 Å². The Morgan fingerprint density at radius 3 is 2.80 bits per heavy atom. The molecule has 0 bridgehead atoms. The summed E-state index contributed by atoms with van der Waals surface area (Å²) < 4.78 is 40.7. The van der Waals surface area contributed by atoms with Gasteiger partial charge in [0.15, 0.2) is 6.10 Å². The number of halogens is 3. The lowest BCUT2D eigenvalue weighted by molar-refractivity contribution is -0.136. The summed E-state index contributed by atoms with van der Waals surface area (Å²) in [6, 6.07) is 1.95. The van der Waals surface area contributed by atoms with Gasteiger partial charge < -0.3 is 4.74 Å². The first-order valence-electron chi connectivity index (χ1n) is 4.81. The average molecular weight is 222 g/mol. The number of hydrogen-bond acceptors (Lipinski definition) is 3. The zero-order valence-corrected chi connectivity index (χ0v) is 8.26. The SMILES string of the molecule is N#CC1CN(CCCC(F)(F)F)CCO1. The fourth-order valence-corrected chi connectivity index (χ4v) is 1.49. The second-order valence-corrected chi connectivity index (χ2v) is 3.51. The lowest BCUT2D eigenvalue weighted by Gasteiger charge is -2.29. The molecule has 15 heavy (non-hydrogen) atoms. The topological polar surface area (TPSA) is 36.3 Å². The van der Waals surface area contributed by atoms with E-state index in [1.165, 1.54) is 0 Å². The van der Waals surface area contributed by atoms with E-state index in [0.717, 1.165) is 0 Å². The van der Waals surface area contributed by atoms with Crippen LogP contribution in [0.15, 0.2) is 0 Å². The monoisotopic (exact) mass is 222 g/mol. The quantitative estimate of drug-likeness (QED) is 0.727. The molecule has 1 saturated heterocycles. The van der Waals surface area contributed by atoms with Crippen molar-refractivity contribution in [2.45, 2.75) is 25.1 Å². The molecule has 1 atom stereocenters. The minimum Gasteiger partial charge on any atom is -0.361 e. The summed E-state index contributed by atoms with van der Waals surface area (Å²) in [5.74, 6) is 0. The number of nitriles is 1. The Bertz CT molecular complexity index is 236. The summed E-state index contributed by atoms with van der Waals surface area (Å²) in [4.78, 5) is 1.84. The molecule has 1 aliphatic rings. The van der Waals surface area contributed by atoms with Crippen LogP contribution in [0.25, 0.3) is 0 Å². The molecule has 1 aliphatic heterocycles. The van der Waals surface area contributed by atoms with E-state index in [2.05, 4.69) is 0 Å². The van der Waals surface area contributed by atoms with E-state index in [-0.39, 0.29) is 6.42 Å². The van der Waals surface area contributed by atoms with Gasteiger partial charge in [0.2, 0.25) is 0 Å². The van der Waals surface area contributed by atoms with Gasteiger partial charge in [-0.15, -0.1) is 0 Å². The molecule has 0 spiro atoms. The first kappa shape index (κ1) is 12.3. The normalized spacial score (nSPS) is 23.7. The van der Waals surface area contributed by atoms with Gasteiger partial charge >= 0.3 is 6.18 Å². The van der Waals surface area contributed by atoms with Crippen molar-refractivity contribution in [2.24, 2.45) is 0 Å². The van der Waals surface area contributed by atoms with E-state index in [0.29, 0.717) is 26.2 Å². The lowest BCUT2D eigenvalue weighted by Crippen LogP contribution is -2.42. The van der Waals surface area contributed by atoms with Crippen molar-refractivity contribution in [3.05, 3.63) is 0 Å². The number of nitrogens with zero attached hydrogens (tertiary/aromatic N) is 2. The maximum atomic E-state index is 11.9. The van der Waals surface area contributed by atoms with E-state index in [1.807, 2.05) is 11.0 Å². The van der Waals surface area contributed by atoms with Gasteiger partial charge in [0.05, 0.1) is 12.7 Å². The number of alkyl halides is 3. The molecule has 86 valence electrons. The number of rotatable bonds is 3. The van der Waals surface area contributed by atoms with Crippen molar-refractivity contribution < 1.29 is 17.9 Å². The average Bonchev–Trinajstić information content (AvgIpc) is 2.16. The summed E-state index contributed by atoms with van der Waals surface area (Å²) in [5, 5.41) is 8.58. The first-order chi connectivity index (χ1) is 7.01. The highest BCUT2D eigenvalue weighted by atomic mass is 19.4. The summed E-state index contributed by atoms with van der Waals surface area (Å²) >= 11 is 0. The standard InChI is InChI=1S/C9H13F3N2O/c10-9(11,12)2-1-3-14-4-5-15-8(6-13)7-14/h8H,1-5,7H2. The largest absolute Gasteiger partial charge is 0.389 e. The summed E-state index contributed by atoms with van der Waals surface area (Å²) in [7, 11) is 0. The molecule has 6 heteroatoms. The van der Waals surface area contributed by atoms with E-state index >= 15 is 0 Å². The molecule has 0 aromatic rings. The van der Waals surface area contributed by atoms with Gasteiger partial charge in [0, 0.05) is 19.5 Å². The van der Waals surface area contributed by atoms with Crippen LogP contribution in [-0.2, 0) is 4.74 Å². The van der Waals surface area contributed by atoms with Gasteiger partial charge in [-0.05, 0) is 13.0 Å². The van der Waals surface area contributed by atoms with Crippen molar-refractivity contribution in [1.82, 2.24) is 4.90 Å². The second kappa shape index (κ2) is 5.33. The maximum Gasteiger partial charge on any atom is 0.389 e. The minimum absolute atomic E-state index is 0.0850. The third kappa shape index (κ3) is 5.00. The highest BCUT2D eigenvalue weighted by molar-refractivity contribution is 4.89. The first-order valence-corrected chi connectivity index (χ1v) is 4.81. The molecule has 1 rings (SSSR count). The van der Waals surface area contributed by atoms with Gasteiger partial charge in [-0.1, -0.05) is 0 Å². The molecule has 0 aliphatic carbocycles. The molecular formula is C9H13F3N2O. The molecule has 1 heterocycles. The van der Waals surface area contributed by atoms with Gasteiger partial charge in [-0.25, -0.2) is 0 Å². The van der Waals surface area contributed by atoms with Gasteiger partial charge in [0.1, 0.15) is 0 Å². The van der Waals surface area contributed by atoms with E-state index < -0.39 is 18.7 Å². The molecule has 0 amide bonds. The fraction of sp³-hybridized carbons (Fsp3) is 0.889. The Morgan fingerprint density at radius 2 is 2.20 bits per heavy atom. The summed E-state index contributed by atoms with van der Waals surface area (Å²) in [5.41, 5.74) is 0. The fourth-order valence-electron chi connectivity index (χ4n) is 1.49. The molecule has 1 unspecified atom stereocenters. The van der Waals surface area contributed by atoms with Crippen LogP contribution in [0.5, 0.6) is 0 Å². The highest BCUT2D eigenvalue weighted by Gasteiger charge is 2.27. The smallest absolute Gasteiger partial charge is 0.361 e. The summed E-state index contributed by atoms with van der Waals surface area (Å²) in [6.07, 6.45) is -5.26. The second-order valence-electron chi connectivity index (χ2n) is 3.51. The van der Waals surface area contributed by atoms with E-state index in [4.69, 9.17) is 10.00 Å². The number of morpholine rings is 1. The van der Waals surface area contributed by atoms with Crippen LogP contribution in [0.3, 0.4) is 0 Å². The minimum atomic E-state index is -4.08. The van der Waals surface area contributed by atoms with Crippen LogP contribution in [0, 0.1) is 11.3 Å². The predicted molar refractivity (Wildman–Crippen MR) is 47.1 cm³/mol. The highest BCUT2D eigenvalue weighted by Crippen LogP contribution is 2.21. The Morgan fingerprint density at radius 1 is 1.47 bits per heavy atom. The van der Waals surface area contributed by atoms with Crippen molar-refractivity contribution in [1.29, 1.82) is 5.26 Å². The van der Waals surface area contributed by atoms with Crippen molar-refractivity contribution in [2.75, 3.05) is 26.2 Å². The molecular weight excluding hydrogens is 209 g/mol. The van der Waals surface area contributed by atoms with Crippen LogP contribution in [0.4, 0.5) is 13.2 Å². The zero-order valence-electron chi connectivity index (χ0n) is 8.26. The van der Waals surface area contributed by atoms with Crippen LogP contribution in [0.1, 0.15) is 12.8 Å². The van der Waals surface area contributed by atoms with Crippen LogP contribution in [0.2, 0.25) is 0 Å². The number of ether oxygens (including phenoxy) is 1. The van der Waals surface area contributed by atoms with Gasteiger partial charge in [0.25, 0.3) is 0 Å². The molecule has 0 N–H and O–H groups in total. The van der Waals surface area contributed by atoms with E-state index in [1.54, 1.807) is 0 Å². The third-order valence-corrected chi connectivity index (χ3v) is 2.23. The Labute approximate surface area is 86.4 Å². The lowest BCUT2D eigenvalue weighted by atomic mass is 10.2.